The molecule has 2 aromatic rings. The molecule has 4 rings (SSSR count). The average Bonchev–Trinajstić information content (AvgIpc) is 3.47. The van der Waals surface area contributed by atoms with Gasteiger partial charge in [-0.3, -0.25) is 0 Å². The molecule has 0 aromatic heterocycles. The average molecular weight is 410 g/mol. The van der Waals surface area contributed by atoms with Gasteiger partial charge in [0, 0.05) is 6.54 Å². The van der Waals surface area contributed by atoms with Crippen LogP contribution in [-0.2, 0) is 4.43 Å². The Bertz CT molecular complexity index is 810. The van der Waals surface area contributed by atoms with Crippen LogP contribution in [0, 0.1) is 11.8 Å². The quantitative estimate of drug-likeness (QED) is 0.761. The van der Waals surface area contributed by atoms with Gasteiger partial charge >= 0.3 is 6.09 Å². The zero-order valence-electron chi connectivity index (χ0n) is 17.5. The molecule has 1 N–H and O–H groups in total. The highest BCUT2D eigenvalue weighted by Gasteiger charge is 2.52. The smallest absolute Gasteiger partial charge is 0.407 e. The summed E-state index contributed by atoms with van der Waals surface area (Å²) >= 11 is 0. The van der Waals surface area contributed by atoms with Crippen LogP contribution in [0.4, 0.5) is 4.79 Å². The van der Waals surface area contributed by atoms with Gasteiger partial charge in [-0.05, 0) is 40.1 Å². The minimum Gasteiger partial charge on any atom is -0.465 e. The molecule has 154 valence electrons. The lowest BCUT2D eigenvalue weighted by Crippen LogP contribution is -2.67. The van der Waals surface area contributed by atoms with Crippen LogP contribution in [-0.4, -0.2) is 43.6 Å². The third-order valence-corrected chi connectivity index (χ3v) is 11.7. The van der Waals surface area contributed by atoms with Gasteiger partial charge in [-0.25, -0.2) is 4.79 Å². The molecular formula is C24H31NO3Si. The van der Waals surface area contributed by atoms with Gasteiger partial charge in [-0.15, -0.1) is 0 Å². The van der Waals surface area contributed by atoms with E-state index in [-0.39, 0.29) is 11.1 Å². The summed E-state index contributed by atoms with van der Waals surface area (Å²) in [4.78, 5) is 13.5. The number of amides is 1. The second-order valence-electron chi connectivity index (χ2n) is 9.55. The van der Waals surface area contributed by atoms with Crippen LogP contribution < -0.4 is 10.4 Å². The predicted molar refractivity (Wildman–Crippen MR) is 118 cm³/mol. The first kappa shape index (κ1) is 20.2. The Hall–Kier alpha value is -2.11. The van der Waals surface area contributed by atoms with Gasteiger partial charge in [0.25, 0.3) is 8.32 Å². The molecule has 2 aliphatic rings. The molecule has 3 atom stereocenters. The second kappa shape index (κ2) is 7.61. The van der Waals surface area contributed by atoms with E-state index in [9.17, 15) is 9.90 Å². The third kappa shape index (κ3) is 3.73. The number of carbonyl (C=O) groups is 1. The molecule has 0 bridgehead atoms. The second-order valence-corrected chi connectivity index (χ2v) is 13.9. The maximum absolute atomic E-state index is 11.9. The van der Waals surface area contributed by atoms with Crippen LogP contribution in [0.3, 0.4) is 0 Å². The molecule has 1 heterocycles. The van der Waals surface area contributed by atoms with E-state index in [1.165, 1.54) is 16.8 Å². The van der Waals surface area contributed by atoms with Crippen molar-refractivity contribution in [3.05, 3.63) is 60.7 Å². The van der Waals surface area contributed by atoms with E-state index < -0.39 is 14.4 Å². The summed E-state index contributed by atoms with van der Waals surface area (Å²) in [5.41, 5.74) is 0. The normalized spacial score (nSPS) is 24.1. The lowest BCUT2D eigenvalue weighted by atomic mass is 10.0. The molecule has 5 heteroatoms. The van der Waals surface area contributed by atoms with Gasteiger partial charge in [0.1, 0.15) is 0 Å². The summed E-state index contributed by atoms with van der Waals surface area (Å²) in [7, 11) is -2.63. The zero-order chi connectivity index (χ0) is 20.6. The van der Waals surface area contributed by atoms with Crippen LogP contribution in [0.5, 0.6) is 0 Å². The topological polar surface area (TPSA) is 49.8 Å². The Morgan fingerprint density at radius 1 is 1.00 bits per heavy atom. The van der Waals surface area contributed by atoms with E-state index in [0.29, 0.717) is 25.0 Å². The van der Waals surface area contributed by atoms with Gasteiger partial charge in [0.2, 0.25) is 0 Å². The van der Waals surface area contributed by atoms with Gasteiger partial charge < -0.3 is 14.4 Å². The number of hydrogen-bond donors (Lipinski definition) is 1. The van der Waals surface area contributed by atoms with Crippen molar-refractivity contribution in [1.29, 1.82) is 0 Å². The molecule has 0 radical (unpaired) electrons. The van der Waals surface area contributed by atoms with Gasteiger partial charge in [0.05, 0.1) is 12.6 Å². The molecule has 0 unspecified atom stereocenters. The fourth-order valence-corrected chi connectivity index (χ4v) is 9.67. The van der Waals surface area contributed by atoms with Gasteiger partial charge in [0.15, 0.2) is 0 Å². The summed E-state index contributed by atoms with van der Waals surface area (Å²) in [6.07, 6.45) is 1.28. The van der Waals surface area contributed by atoms with Crippen molar-refractivity contribution in [3.8, 4) is 0 Å². The number of piperidine rings is 1. The number of nitrogens with zero attached hydrogens (tertiary/aromatic N) is 1. The fraction of sp³-hybridized carbons (Fsp3) is 0.458. The first-order chi connectivity index (χ1) is 13.8. The minimum atomic E-state index is -2.63. The number of likely N-dealkylation sites (tertiary alicyclic amines) is 1. The fourth-order valence-electron chi connectivity index (χ4n) is 5.08. The van der Waals surface area contributed by atoms with E-state index in [4.69, 9.17) is 4.43 Å². The Morgan fingerprint density at radius 2 is 1.55 bits per heavy atom. The summed E-state index contributed by atoms with van der Waals surface area (Å²) in [5, 5.41) is 12.1. The molecule has 4 nitrogen and oxygen atoms in total. The highest BCUT2D eigenvalue weighted by Crippen LogP contribution is 2.47. The predicted octanol–water partition coefficient (Wildman–Crippen LogP) is 3.95. The first-order valence-electron chi connectivity index (χ1n) is 10.6. The monoisotopic (exact) mass is 409 g/mol. The molecular weight excluding hydrogens is 378 g/mol. The Balaban J connectivity index is 1.71. The van der Waals surface area contributed by atoms with E-state index in [0.717, 1.165) is 6.42 Å². The van der Waals surface area contributed by atoms with Crippen LogP contribution in [0.15, 0.2) is 60.7 Å². The Morgan fingerprint density at radius 3 is 2.03 bits per heavy atom. The van der Waals surface area contributed by atoms with Crippen molar-refractivity contribution in [1.82, 2.24) is 4.90 Å². The molecule has 29 heavy (non-hydrogen) atoms. The number of hydrogen-bond acceptors (Lipinski definition) is 2. The molecule has 1 saturated carbocycles. The van der Waals surface area contributed by atoms with Crippen LogP contribution >= 0.6 is 0 Å². The number of carboxylic acid groups (broad SMARTS) is 1. The SMILES string of the molecule is CC(C)(C)[Si](OC[C@@H]1C[C@H]2C[C@H]2CN1C(=O)O)(c1ccccc1)c1ccccc1. The maximum Gasteiger partial charge on any atom is 0.407 e. The van der Waals surface area contributed by atoms with Crippen molar-refractivity contribution < 1.29 is 14.3 Å². The highest BCUT2D eigenvalue weighted by molar-refractivity contribution is 6.99. The summed E-state index contributed by atoms with van der Waals surface area (Å²) in [6.45, 7) is 7.89. The molecule has 2 aromatic carbocycles. The minimum absolute atomic E-state index is 0.0575. The zero-order valence-corrected chi connectivity index (χ0v) is 18.5. The van der Waals surface area contributed by atoms with Gasteiger partial charge in [-0.1, -0.05) is 81.4 Å². The first-order valence-corrected chi connectivity index (χ1v) is 12.5. The van der Waals surface area contributed by atoms with Crippen molar-refractivity contribution >= 4 is 24.8 Å². The van der Waals surface area contributed by atoms with Crippen LogP contribution in [0.2, 0.25) is 5.04 Å². The van der Waals surface area contributed by atoms with Crippen molar-refractivity contribution in [2.24, 2.45) is 11.8 Å². The van der Waals surface area contributed by atoms with Crippen molar-refractivity contribution in [3.63, 3.8) is 0 Å². The Labute approximate surface area is 174 Å². The van der Waals surface area contributed by atoms with Crippen molar-refractivity contribution in [2.45, 2.75) is 44.7 Å². The van der Waals surface area contributed by atoms with E-state index >= 15 is 0 Å². The summed E-state index contributed by atoms with van der Waals surface area (Å²) in [5.74, 6) is 1.24. The third-order valence-electron chi connectivity index (χ3n) is 6.67. The summed E-state index contributed by atoms with van der Waals surface area (Å²) < 4.78 is 6.99. The lowest BCUT2D eigenvalue weighted by molar-refractivity contribution is 0.0782. The van der Waals surface area contributed by atoms with E-state index in [1.54, 1.807) is 4.90 Å². The van der Waals surface area contributed by atoms with Crippen LogP contribution in [0.1, 0.15) is 33.6 Å². The van der Waals surface area contributed by atoms with E-state index in [1.807, 2.05) is 12.1 Å². The van der Waals surface area contributed by atoms with Crippen LogP contribution in [0.25, 0.3) is 0 Å². The Kier molecular flexibility index (Phi) is 5.30. The number of benzene rings is 2. The standard InChI is InChI=1S/C24H31NO3Si/c1-24(2,3)29(21-10-6-4-7-11-21,22-12-8-5-9-13-22)28-17-20-15-18-14-19(18)16-25(20)23(26)27/h4-13,18-20H,14-17H2,1-3H3,(H,26,27)/t18-,19+,20+/m1/s1. The molecule has 1 aliphatic carbocycles. The molecule has 2 fully saturated rings. The summed E-state index contributed by atoms with van der Waals surface area (Å²) in [6, 6.07) is 21.0. The molecule has 1 aliphatic heterocycles. The lowest BCUT2D eigenvalue weighted by Gasteiger charge is -2.45. The molecule has 1 saturated heterocycles. The highest BCUT2D eigenvalue weighted by atomic mass is 28.4. The largest absolute Gasteiger partial charge is 0.465 e. The number of fused-ring (bicyclic) bond motifs is 1. The molecule has 1 amide bonds. The maximum atomic E-state index is 11.9. The van der Waals surface area contributed by atoms with E-state index in [2.05, 4.69) is 69.3 Å². The van der Waals surface area contributed by atoms with Gasteiger partial charge in [-0.2, -0.15) is 0 Å². The van der Waals surface area contributed by atoms with Crippen molar-refractivity contribution in [2.75, 3.05) is 13.2 Å². The molecule has 0 spiro atoms. The number of rotatable bonds is 5.